The predicted octanol–water partition coefficient (Wildman–Crippen LogP) is 0.301. The van der Waals surface area contributed by atoms with Gasteiger partial charge < -0.3 is 15.0 Å². The molecule has 1 aromatic heterocycles. The Bertz CT molecular complexity index is 490. The number of anilines is 3. The minimum Gasteiger partial charge on any atom is -0.378 e. The SMILES string of the molecule is CSC1(CNc2nc(NN)nc(N3CCOCC3)n2)CC1. The number of hydrogen-bond donors (Lipinski definition) is 3. The van der Waals surface area contributed by atoms with Gasteiger partial charge in [0.25, 0.3) is 0 Å². The van der Waals surface area contributed by atoms with Gasteiger partial charge in [0.05, 0.1) is 13.2 Å². The van der Waals surface area contributed by atoms with Crippen molar-refractivity contribution in [2.24, 2.45) is 5.84 Å². The van der Waals surface area contributed by atoms with E-state index in [9.17, 15) is 0 Å². The average Bonchev–Trinajstić information content (AvgIpc) is 3.34. The second kappa shape index (κ2) is 6.20. The number of nitrogens with one attached hydrogen (secondary N) is 2. The third-order valence-corrected chi connectivity index (χ3v) is 5.27. The van der Waals surface area contributed by atoms with Crippen LogP contribution in [0.3, 0.4) is 0 Å². The number of aromatic nitrogens is 3. The minimum absolute atomic E-state index is 0.349. The van der Waals surface area contributed by atoms with Gasteiger partial charge >= 0.3 is 0 Å². The largest absolute Gasteiger partial charge is 0.378 e. The van der Waals surface area contributed by atoms with Gasteiger partial charge in [-0.25, -0.2) is 5.84 Å². The fourth-order valence-corrected chi connectivity index (χ4v) is 2.97. The van der Waals surface area contributed by atoms with Crippen LogP contribution in [0.1, 0.15) is 12.8 Å². The van der Waals surface area contributed by atoms with E-state index in [4.69, 9.17) is 10.6 Å². The molecule has 1 saturated heterocycles. The lowest BCUT2D eigenvalue weighted by molar-refractivity contribution is 0.122. The number of hydrogen-bond acceptors (Lipinski definition) is 9. The Kier molecular flexibility index (Phi) is 4.32. The maximum atomic E-state index is 5.46. The van der Waals surface area contributed by atoms with E-state index in [-0.39, 0.29) is 0 Å². The van der Waals surface area contributed by atoms with Gasteiger partial charge in [0.15, 0.2) is 0 Å². The van der Waals surface area contributed by atoms with Crippen molar-refractivity contribution in [2.45, 2.75) is 17.6 Å². The number of ether oxygens (including phenoxy) is 1. The number of rotatable bonds is 6. The summed E-state index contributed by atoms with van der Waals surface area (Å²) >= 11 is 1.90. The minimum atomic E-state index is 0.349. The Hall–Kier alpha value is -1.32. The highest BCUT2D eigenvalue weighted by atomic mass is 32.2. The van der Waals surface area contributed by atoms with Crippen LogP contribution in [0.4, 0.5) is 17.8 Å². The highest BCUT2D eigenvalue weighted by molar-refractivity contribution is 8.00. The molecule has 0 bridgehead atoms. The van der Waals surface area contributed by atoms with Crippen molar-refractivity contribution in [3.05, 3.63) is 0 Å². The first kappa shape index (κ1) is 14.6. The van der Waals surface area contributed by atoms with Crippen molar-refractivity contribution in [2.75, 3.05) is 54.7 Å². The second-order valence-electron chi connectivity index (χ2n) is 5.27. The summed E-state index contributed by atoms with van der Waals surface area (Å²) in [5, 5.41) is 3.32. The van der Waals surface area contributed by atoms with E-state index >= 15 is 0 Å². The zero-order valence-corrected chi connectivity index (χ0v) is 12.9. The summed E-state index contributed by atoms with van der Waals surface area (Å²) in [7, 11) is 0. The summed E-state index contributed by atoms with van der Waals surface area (Å²) in [5.74, 6) is 7.04. The van der Waals surface area contributed by atoms with E-state index in [1.54, 1.807) is 0 Å². The van der Waals surface area contributed by atoms with Gasteiger partial charge in [-0.3, -0.25) is 5.43 Å². The van der Waals surface area contributed by atoms with Crippen LogP contribution in [-0.2, 0) is 4.74 Å². The molecule has 0 aromatic carbocycles. The smallest absolute Gasteiger partial charge is 0.243 e. The van der Waals surface area contributed by atoms with Crippen molar-refractivity contribution in [1.29, 1.82) is 0 Å². The molecule has 3 rings (SSSR count). The van der Waals surface area contributed by atoms with Gasteiger partial charge in [0, 0.05) is 24.4 Å². The summed E-state index contributed by atoms with van der Waals surface area (Å²) in [5.41, 5.74) is 2.51. The van der Waals surface area contributed by atoms with Crippen molar-refractivity contribution in [1.82, 2.24) is 15.0 Å². The van der Waals surface area contributed by atoms with Crippen LogP contribution in [0, 0.1) is 0 Å². The summed E-state index contributed by atoms with van der Waals surface area (Å²) < 4.78 is 5.70. The molecule has 2 heterocycles. The Morgan fingerprint density at radius 2 is 1.95 bits per heavy atom. The standard InChI is InChI=1S/C12H21N7OS/c1-21-12(2-3-12)8-14-9-15-10(18-13)17-11(16-9)19-4-6-20-7-5-19/h2-8,13H2,1H3,(H2,14,15,16,17,18). The lowest BCUT2D eigenvalue weighted by Gasteiger charge is -2.27. The molecule has 8 nitrogen and oxygen atoms in total. The van der Waals surface area contributed by atoms with Crippen LogP contribution in [0.25, 0.3) is 0 Å². The zero-order chi connectivity index (χ0) is 14.7. The zero-order valence-electron chi connectivity index (χ0n) is 12.1. The second-order valence-corrected chi connectivity index (χ2v) is 6.54. The van der Waals surface area contributed by atoms with Crippen LogP contribution < -0.4 is 21.5 Å². The van der Waals surface area contributed by atoms with Crippen LogP contribution >= 0.6 is 11.8 Å². The molecule has 0 spiro atoms. The molecule has 4 N–H and O–H groups in total. The van der Waals surface area contributed by atoms with E-state index in [1.807, 2.05) is 11.8 Å². The molecular formula is C12H21N7OS. The summed E-state index contributed by atoms with van der Waals surface area (Å²) in [6.45, 7) is 3.81. The molecule has 1 aromatic rings. The molecule has 0 atom stereocenters. The molecule has 0 amide bonds. The number of nitrogens with zero attached hydrogens (tertiary/aromatic N) is 4. The topological polar surface area (TPSA) is 101 Å². The fraction of sp³-hybridized carbons (Fsp3) is 0.750. The number of nitrogens with two attached hydrogens (primary N) is 1. The predicted molar refractivity (Wildman–Crippen MR) is 84.6 cm³/mol. The lowest BCUT2D eigenvalue weighted by atomic mass is 10.4. The summed E-state index contributed by atoms with van der Waals surface area (Å²) in [4.78, 5) is 15.2. The van der Waals surface area contributed by atoms with Crippen molar-refractivity contribution in [3.8, 4) is 0 Å². The average molecular weight is 311 g/mol. The van der Waals surface area contributed by atoms with Gasteiger partial charge in [-0.1, -0.05) is 0 Å². The third kappa shape index (κ3) is 3.47. The van der Waals surface area contributed by atoms with E-state index in [0.717, 1.165) is 19.6 Å². The van der Waals surface area contributed by atoms with Gasteiger partial charge in [0.2, 0.25) is 17.8 Å². The molecule has 2 fully saturated rings. The fourth-order valence-electron chi connectivity index (χ4n) is 2.25. The normalized spacial score (nSPS) is 20.2. The van der Waals surface area contributed by atoms with E-state index in [2.05, 4.69) is 36.9 Å². The maximum Gasteiger partial charge on any atom is 0.243 e. The molecule has 9 heteroatoms. The number of thioether (sulfide) groups is 1. The Balaban J connectivity index is 1.73. The first-order chi connectivity index (χ1) is 10.2. The molecular weight excluding hydrogens is 290 g/mol. The van der Waals surface area contributed by atoms with Crippen LogP contribution in [0.2, 0.25) is 0 Å². The maximum absolute atomic E-state index is 5.46. The third-order valence-electron chi connectivity index (χ3n) is 3.86. The molecule has 0 unspecified atom stereocenters. The number of nitrogen functional groups attached to an aromatic ring is 1. The van der Waals surface area contributed by atoms with E-state index in [1.165, 1.54) is 12.8 Å². The first-order valence-corrected chi connectivity index (χ1v) is 8.32. The highest BCUT2D eigenvalue weighted by Crippen LogP contribution is 2.46. The monoisotopic (exact) mass is 311 g/mol. The molecule has 0 radical (unpaired) electrons. The van der Waals surface area contributed by atoms with Gasteiger partial charge in [-0.2, -0.15) is 26.7 Å². The van der Waals surface area contributed by atoms with Crippen molar-refractivity contribution < 1.29 is 4.74 Å². The van der Waals surface area contributed by atoms with Gasteiger partial charge in [-0.05, 0) is 19.1 Å². The Morgan fingerprint density at radius 1 is 1.24 bits per heavy atom. The van der Waals surface area contributed by atoms with E-state index < -0.39 is 0 Å². The first-order valence-electron chi connectivity index (χ1n) is 7.09. The van der Waals surface area contributed by atoms with Crippen LogP contribution in [0.5, 0.6) is 0 Å². The van der Waals surface area contributed by atoms with Crippen LogP contribution in [-0.4, -0.2) is 58.8 Å². The molecule has 21 heavy (non-hydrogen) atoms. The lowest BCUT2D eigenvalue weighted by Crippen LogP contribution is -2.37. The number of morpholine rings is 1. The highest BCUT2D eigenvalue weighted by Gasteiger charge is 2.41. The van der Waals surface area contributed by atoms with Crippen molar-refractivity contribution in [3.63, 3.8) is 0 Å². The molecule has 2 aliphatic rings. The number of hydrazine groups is 1. The summed E-state index contributed by atoms with van der Waals surface area (Å²) in [6, 6.07) is 0. The molecule has 1 aliphatic carbocycles. The molecule has 116 valence electrons. The quantitative estimate of drug-likeness (QED) is 0.506. The Labute approximate surface area is 128 Å². The van der Waals surface area contributed by atoms with Crippen LogP contribution in [0.15, 0.2) is 0 Å². The summed E-state index contributed by atoms with van der Waals surface area (Å²) in [6.07, 6.45) is 4.63. The van der Waals surface area contributed by atoms with E-state index in [0.29, 0.717) is 35.8 Å². The Morgan fingerprint density at radius 3 is 2.57 bits per heavy atom. The van der Waals surface area contributed by atoms with Gasteiger partial charge in [0.1, 0.15) is 0 Å². The molecule has 1 saturated carbocycles. The van der Waals surface area contributed by atoms with Crippen molar-refractivity contribution >= 4 is 29.6 Å². The molecule has 1 aliphatic heterocycles. The van der Waals surface area contributed by atoms with Gasteiger partial charge in [-0.15, -0.1) is 0 Å².